The maximum atomic E-state index is 15.0. The second kappa shape index (κ2) is 13.0. The number of nitrogens with one attached hydrogen (secondary N) is 1. The van der Waals surface area contributed by atoms with Gasteiger partial charge in [-0.3, -0.25) is 4.79 Å². The monoisotopic (exact) mass is 697 g/mol. The molecule has 0 aliphatic carbocycles. The van der Waals surface area contributed by atoms with Crippen molar-refractivity contribution in [3.8, 4) is 5.75 Å². The first-order valence-electron chi connectivity index (χ1n) is 11.5. The number of carbonyl (C=O) groups excluding carboxylic acids is 1. The number of halogens is 14. The van der Waals surface area contributed by atoms with Crippen LogP contribution in [0.2, 0.25) is 5.02 Å². The van der Waals surface area contributed by atoms with E-state index in [0.717, 1.165) is 6.92 Å². The maximum Gasteiger partial charge on any atom is 0.573 e. The van der Waals surface area contributed by atoms with Crippen LogP contribution in [0.15, 0.2) is 42.5 Å². The van der Waals surface area contributed by atoms with E-state index in [1.807, 2.05) is 0 Å². The third kappa shape index (κ3) is 11.0. The number of amides is 1. The van der Waals surface area contributed by atoms with E-state index in [1.54, 1.807) is 5.32 Å². The number of alkyl halides is 12. The fraction of sp³-hybridized carbons (Fsp3) is 0.375. The van der Waals surface area contributed by atoms with Gasteiger partial charge >= 0.3 is 24.9 Å². The van der Waals surface area contributed by atoms with E-state index in [4.69, 9.17) is 11.6 Å². The zero-order valence-corrected chi connectivity index (χ0v) is 23.0. The van der Waals surface area contributed by atoms with Gasteiger partial charge < -0.3 is 10.1 Å². The Balaban J connectivity index is 2.45. The number of carbonyl (C=O) groups is 1. The number of benzene rings is 2. The molecular formula is C24H17ClF13NO4S. The van der Waals surface area contributed by atoms with Crippen LogP contribution in [0.25, 0.3) is 5.83 Å². The lowest BCUT2D eigenvalue weighted by Gasteiger charge is -2.20. The standard InChI is InChI=1S/C24H17ClF13NO4S/c1-11(9-44(41,42)10-21(27,28)29)39-20(40)14-4-2-13(6-16(14)23(33,34)35)18(26)8-15(22(30,31)32)12-3-5-19(17(25)7-12)43-24(36,37)38/h2-8,11,15H,9-10H2,1H3,(H,39,40)/b18-8-/t11-,15?/m1/s1. The molecule has 0 radical (unpaired) electrons. The van der Waals surface area contributed by atoms with Crippen molar-refractivity contribution in [1.29, 1.82) is 0 Å². The van der Waals surface area contributed by atoms with Crippen LogP contribution in [-0.2, 0) is 16.0 Å². The Labute approximate surface area is 244 Å². The summed E-state index contributed by atoms with van der Waals surface area (Å²) in [5.74, 6) is -11.2. The van der Waals surface area contributed by atoms with Gasteiger partial charge in [0.2, 0.25) is 0 Å². The van der Waals surface area contributed by atoms with Crippen molar-refractivity contribution < 1.29 is 75.0 Å². The predicted molar refractivity (Wildman–Crippen MR) is 129 cm³/mol. The van der Waals surface area contributed by atoms with Crippen LogP contribution in [0.4, 0.5) is 57.1 Å². The van der Waals surface area contributed by atoms with Crippen LogP contribution in [0.3, 0.4) is 0 Å². The Morgan fingerprint density at radius 2 is 1.55 bits per heavy atom. The molecular weight excluding hydrogens is 681 g/mol. The van der Waals surface area contributed by atoms with Crippen molar-refractivity contribution >= 4 is 33.2 Å². The lowest BCUT2D eigenvalue weighted by atomic mass is 9.95. The highest BCUT2D eigenvalue weighted by Gasteiger charge is 2.42. The topological polar surface area (TPSA) is 72.5 Å². The number of hydrogen-bond acceptors (Lipinski definition) is 4. The lowest BCUT2D eigenvalue weighted by molar-refractivity contribution is -0.274. The molecule has 0 bridgehead atoms. The van der Waals surface area contributed by atoms with Gasteiger partial charge in [0.05, 0.1) is 21.9 Å². The van der Waals surface area contributed by atoms with E-state index >= 15 is 0 Å². The fourth-order valence-electron chi connectivity index (χ4n) is 3.70. The number of allylic oxidation sites excluding steroid dienone is 1. The van der Waals surface area contributed by atoms with Gasteiger partial charge in [-0.1, -0.05) is 23.7 Å². The molecule has 246 valence electrons. The van der Waals surface area contributed by atoms with Gasteiger partial charge in [-0.25, -0.2) is 12.8 Å². The summed E-state index contributed by atoms with van der Waals surface area (Å²) >= 11 is 5.55. The molecule has 0 aliphatic heterocycles. The Morgan fingerprint density at radius 3 is 2.02 bits per heavy atom. The Bertz CT molecular complexity index is 1500. The molecule has 20 heteroatoms. The molecule has 0 heterocycles. The molecule has 0 aromatic heterocycles. The van der Waals surface area contributed by atoms with Crippen molar-refractivity contribution in [3.05, 3.63) is 69.8 Å². The molecule has 44 heavy (non-hydrogen) atoms. The molecule has 0 saturated heterocycles. The summed E-state index contributed by atoms with van der Waals surface area (Å²) < 4.78 is 199. The van der Waals surface area contributed by atoms with Crippen LogP contribution >= 0.6 is 11.6 Å². The Kier molecular flexibility index (Phi) is 10.9. The van der Waals surface area contributed by atoms with Gasteiger partial charge in [0.25, 0.3) is 5.91 Å². The van der Waals surface area contributed by atoms with E-state index in [9.17, 15) is 70.3 Å². The highest BCUT2D eigenvalue weighted by atomic mass is 35.5. The molecule has 0 spiro atoms. The molecule has 1 amide bonds. The normalized spacial score (nSPS) is 15.1. The Hall–Kier alpha value is -3.22. The summed E-state index contributed by atoms with van der Waals surface area (Å²) in [6.07, 6.45) is -21.4. The van der Waals surface area contributed by atoms with Gasteiger partial charge in [-0.15, -0.1) is 13.2 Å². The van der Waals surface area contributed by atoms with Crippen molar-refractivity contribution in [1.82, 2.24) is 5.32 Å². The molecule has 2 aromatic carbocycles. The van der Waals surface area contributed by atoms with Crippen molar-refractivity contribution in [2.75, 3.05) is 11.5 Å². The van der Waals surface area contributed by atoms with Crippen LogP contribution in [0.1, 0.15) is 39.9 Å². The zero-order valence-electron chi connectivity index (χ0n) is 21.4. The summed E-state index contributed by atoms with van der Waals surface area (Å²) in [5, 5.41) is 0.801. The average molecular weight is 698 g/mol. The smallest absolute Gasteiger partial charge is 0.404 e. The largest absolute Gasteiger partial charge is 0.573 e. The third-order valence-electron chi connectivity index (χ3n) is 5.32. The highest BCUT2D eigenvalue weighted by Crippen LogP contribution is 2.42. The fourth-order valence-corrected chi connectivity index (χ4v) is 5.39. The minimum Gasteiger partial charge on any atom is -0.404 e. The third-order valence-corrected chi connectivity index (χ3v) is 7.39. The number of sulfone groups is 1. The quantitative estimate of drug-likeness (QED) is 0.270. The SMILES string of the molecule is C[C@H](CS(=O)(=O)CC(F)(F)F)NC(=O)c1ccc(/C(F)=C/C(c2ccc(OC(F)(F)F)c(Cl)c2)C(F)(F)F)cc1C(F)(F)F. The molecule has 2 rings (SSSR count). The summed E-state index contributed by atoms with van der Waals surface area (Å²) in [6.45, 7) is 0.876. The molecule has 2 atom stereocenters. The van der Waals surface area contributed by atoms with E-state index in [2.05, 4.69) is 4.74 Å². The molecule has 2 aromatic rings. The van der Waals surface area contributed by atoms with E-state index in [1.165, 1.54) is 0 Å². The summed E-state index contributed by atoms with van der Waals surface area (Å²) in [6, 6.07) is 0.337. The van der Waals surface area contributed by atoms with E-state index in [-0.39, 0.29) is 12.1 Å². The number of ether oxygens (including phenoxy) is 1. The number of rotatable bonds is 9. The van der Waals surface area contributed by atoms with Crippen LogP contribution < -0.4 is 10.1 Å². The second-order valence-electron chi connectivity index (χ2n) is 9.07. The van der Waals surface area contributed by atoms with Crippen LogP contribution in [-0.4, -0.2) is 50.6 Å². The molecule has 0 saturated carbocycles. The summed E-state index contributed by atoms with van der Waals surface area (Å²) in [4.78, 5) is 12.4. The van der Waals surface area contributed by atoms with Crippen molar-refractivity contribution in [2.24, 2.45) is 0 Å². The van der Waals surface area contributed by atoms with Gasteiger partial charge in [-0.05, 0) is 42.8 Å². The minimum absolute atomic E-state index is 0.0491. The molecule has 5 nitrogen and oxygen atoms in total. The molecule has 0 fully saturated rings. The lowest BCUT2D eigenvalue weighted by Crippen LogP contribution is -2.40. The highest BCUT2D eigenvalue weighted by molar-refractivity contribution is 7.91. The first-order chi connectivity index (χ1) is 19.7. The molecule has 0 aliphatic rings. The predicted octanol–water partition coefficient (Wildman–Crippen LogP) is 8.01. The zero-order chi connectivity index (χ0) is 34.1. The molecule has 1 unspecified atom stereocenters. The summed E-state index contributed by atoms with van der Waals surface area (Å²) in [7, 11) is -4.86. The van der Waals surface area contributed by atoms with Crippen LogP contribution in [0.5, 0.6) is 5.75 Å². The van der Waals surface area contributed by atoms with E-state index in [0.29, 0.717) is 30.3 Å². The first-order valence-corrected chi connectivity index (χ1v) is 13.7. The second-order valence-corrected chi connectivity index (χ2v) is 11.6. The van der Waals surface area contributed by atoms with E-state index < -0.39 is 103 Å². The van der Waals surface area contributed by atoms with Gasteiger partial charge in [0, 0.05) is 11.6 Å². The van der Waals surface area contributed by atoms with Crippen molar-refractivity contribution in [2.45, 2.75) is 43.8 Å². The van der Waals surface area contributed by atoms with Gasteiger partial charge in [0.15, 0.2) is 9.84 Å². The van der Waals surface area contributed by atoms with Crippen LogP contribution in [0, 0.1) is 0 Å². The average Bonchev–Trinajstić information content (AvgIpc) is 2.79. The number of hydrogen-bond donors (Lipinski definition) is 1. The Morgan fingerprint density at radius 1 is 0.955 bits per heavy atom. The van der Waals surface area contributed by atoms with Gasteiger partial charge in [-0.2, -0.15) is 39.5 Å². The summed E-state index contributed by atoms with van der Waals surface area (Å²) in [5.41, 5.74) is -5.23. The van der Waals surface area contributed by atoms with Gasteiger partial charge in [0.1, 0.15) is 23.2 Å². The maximum absolute atomic E-state index is 15.0. The first kappa shape index (κ1) is 37.0. The molecule has 1 N–H and O–H groups in total. The van der Waals surface area contributed by atoms with Crippen molar-refractivity contribution in [3.63, 3.8) is 0 Å². The minimum atomic E-state index is -5.44.